The van der Waals surface area contributed by atoms with Crippen molar-refractivity contribution in [3.8, 4) is 0 Å². The van der Waals surface area contributed by atoms with Crippen molar-refractivity contribution in [1.82, 2.24) is 15.2 Å². The SMILES string of the molecule is CCOC1(c2n[nH]c(CO)n2)CCOCC1. The molecule has 1 aliphatic rings. The van der Waals surface area contributed by atoms with Gasteiger partial charge in [-0.1, -0.05) is 0 Å². The van der Waals surface area contributed by atoms with Gasteiger partial charge in [-0.15, -0.1) is 0 Å². The zero-order valence-electron chi connectivity index (χ0n) is 9.40. The smallest absolute Gasteiger partial charge is 0.182 e. The van der Waals surface area contributed by atoms with Crippen molar-refractivity contribution in [2.45, 2.75) is 32.0 Å². The van der Waals surface area contributed by atoms with Gasteiger partial charge in [0.25, 0.3) is 0 Å². The Morgan fingerprint density at radius 3 is 2.81 bits per heavy atom. The molecule has 0 radical (unpaired) electrons. The van der Waals surface area contributed by atoms with Gasteiger partial charge in [-0.3, -0.25) is 5.10 Å². The molecule has 1 aromatic heterocycles. The fourth-order valence-electron chi connectivity index (χ4n) is 1.98. The van der Waals surface area contributed by atoms with Gasteiger partial charge in [0.15, 0.2) is 5.82 Å². The lowest BCUT2D eigenvalue weighted by Crippen LogP contribution is -2.37. The number of hydrogen-bond donors (Lipinski definition) is 2. The average molecular weight is 227 g/mol. The minimum absolute atomic E-state index is 0.133. The van der Waals surface area contributed by atoms with E-state index in [1.54, 1.807) is 0 Å². The zero-order valence-corrected chi connectivity index (χ0v) is 9.40. The zero-order chi connectivity index (χ0) is 11.4. The highest BCUT2D eigenvalue weighted by atomic mass is 16.5. The number of hydrogen-bond acceptors (Lipinski definition) is 5. The van der Waals surface area contributed by atoms with Crippen LogP contribution in [0.25, 0.3) is 0 Å². The van der Waals surface area contributed by atoms with E-state index in [9.17, 15) is 0 Å². The molecule has 0 unspecified atom stereocenters. The molecule has 1 saturated heterocycles. The van der Waals surface area contributed by atoms with Crippen molar-refractivity contribution in [2.75, 3.05) is 19.8 Å². The van der Waals surface area contributed by atoms with E-state index in [1.807, 2.05) is 6.92 Å². The molecular formula is C10H17N3O3. The monoisotopic (exact) mass is 227 g/mol. The Hall–Kier alpha value is -0.980. The van der Waals surface area contributed by atoms with Gasteiger partial charge in [-0.2, -0.15) is 5.10 Å². The van der Waals surface area contributed by atoms with E-state index in [1.165, 1.54) is 0 Å². The highest BCUT2D eigenvalue weighted by molar-refractivity contribution is 5.04. The molecule has 1 fully saturated rings. The first-order chi connectivity index (χ1) is 7.80. The van der Waals surface area contributed by atoms with Gasteiger partial charge < -0.3 is 14.6 Å². The lowest BCUT2D eigenvalue weighted by Gasteiger charge is -2.34. The standard InChI is InChI=1S/C10H17N3O3/c1-2-16-10(3-5-15-6-4-10)9-11-8(7-14)12-13-9/h14H,2-7H2,1H3,(H,11,12,13). The minimum atomic E-state index is -0.447. The fraction of sp³-hybridized carbons (Fsp3) is 0.800. The summed E-state index contributed by atoms with van der Waals surface area (Å²) in [5, 5.41) is 15.8. The maximum absolute atomic E-state index is 8.96. The third-order valence-corrected chi connectivity index (χ3v) is 2.81. The van der Waals surface area contributed by atoms with Crippen molar-refractivity contribution in [2.24, 2.45) is 0 Å². The number of aliphatic hydroxyl groups excluding tert-OH is 1. The molecule has 0 saturated carbocycles. The highest BCUT2D eigenvalue weighted by Crippen LogP contribution is 2.33. The van der Waals surface area contributed by atoms with Crippen molar-refractivity contribution in [1.29, 1.82) is 0 Å². The Morgan fingerprint density at radius 2 is 2.25 bits per heavy atom. The Labute approximate surface area is 94.0 Å². The molecule has 6 nitrogen and oxygen atoms in total. The summed E-state index contributed by atoms with van der Waals surface area (Å²) in [5.74, 6) is 1.10. The number of rotatable bonds is 4. The molecular weight excluding hydrogens is 210 g/mol. The first-order valence-corrected chi connectivity index (χ1v) is 5.55. The highest BCUT2D eigenvalue weighted by Gasteiger charge is 2.38. The topological polar surface area (TPSA) is 80.3 Å². The molecule has 0 aliphatic carbocycles. The fourth-order valence-corrected chi connectivity index (χ4v) is 1.98. The third-order valence-electron chi connectivity index (χ3n) is 2.81. The Morgan fingerprint density at radius 1 is 1.50 bits per heavy atom. The molecule has 0 spiro atoms. The van der Waals surface area contributed by atoms with Crippen molar-refractivity contribution in [3.63, 3.8) is 0 Å². The second kappa shape index (κ2) is 4.90. The van der Waals surface area contributed by atoms with Gasteiger partial charge in [0.1, 0.15) is 18.0 Å². The van der Waals surface area contributed by atoms with E-state index in [0.717, 1.165) is 12.8 Å². The second-order valence-electron chi connectivity index (χ2n) is 3.80. The second-order valence-corrected chi connectivity index (χ2v) is 3.80. The Balaban J connectivity index is 2.23. The van der Waals surface area contributed by atoms with Crippen LogP contribution < -0.4 is 0 Å². The summed E-state index contributed by atoms with van der Waals surface area (Å²) in [4.78, 5) is 4.25. The van der Waals surface area contributed by atoms with Crippen LogP contribution in [-0.4, -0.2) is 40.1 Å². The molecule has 0 bridgehead atoms. The van der Waals surface area contributed by atoms with Crippen LogP contribution >= 0.6 is 0 Å². The molecule has 2 heterocycles. The molecule has 2 rings (SSSR count). The van der Waals surface area contributed by atoms with Gasteiger partial charge in [0, 0.05) is 32.7 Å². The van der Waals surface area contributed by atoms with Crippen LogP contribution in [-0.2, 0) is 21.7 Å². The lowest BCUT2D eigenvalue weighted by molar-refractivity contribution is -0.117. The van der Waals surface area contributed by atoms with Crippen LogP contribution in [0.2, 0.25) is 0 Å². The molecule has 2 N–H and O–H groups in total. The number of aliphatic hydroxyl groups is 1. The summed E-state index contributed by atoms with van der Waals surface area (Å²) < 4.78 is 11.1. The largest absolute Gasteiger partial charge is 0.388 e. The summed E-state index contributed by atoms with van der Waals surface area (Å²) in [6.45, 7) is 3.75. The van der Waals surface area contributed by atoms with E-state index in [4.69, 9.17) is 14.6 Å². The molecule has 0 aromatic carbocycles. The van der Waals surface area contributed by atoms with E-state index >= 15 is 0 Å². The number of aromatic amines is 1. The number of ether oxygens (including phenoxy) is 2. The quantitative estimate of drug-likeness (QED) is 0.775. The van der Waals surface area contributed by atoms with Crippen molar-refractivity contribution in [3.05, 3.63) is 11.6 Å². The van der Waals surface area contributed by atoms with Crippen LogP contribution in [0, 0.1) is 0 Å². The van der Waals surface area contributed by atoms with Crippen molar-refractivity contribution < 1.29 is 14.6 Å². The summed E-state index contributed by atoms with van der Waals surface area (Å²) in [6.07, 6.45) is 1.51. The van der Waals surface area contributed by atoms with E-state index < -0.39 is 5.60 Å². The number of nitrogens with zero attached hydrogens (tertiary/aromatic N) is 2. The van der Waals surface area contributed by atoms with Gasteiger partial charge in [0.2, 0.25) is 0 Å². The van der Waals surface area contributed by atoms with Crippen LogP contribution in [0.1, 0.15) is 31.4 Å². The lowest BCUT2D eigenvalue weighted by atomic mass is 9.93. The first-order valence-electron chi connectivity index (χ1n) is 5.55. The maximum Gasteiger partial charge on any atom is 0.182 e. The summed E-state index contributed by atoms with van der Waals surface area (Å²) in [7, 11) is 0. The number of nitrogens with one attached hydrogen (secondary N) is 1. The third kappa shape index (κ3) is 2.09. The van der Waals surface area contributed by atoms with E-state index in [2.05, 4.69) is 15.2 Å². The van der Waals surface area contributed by atoms with Crippen molar-refractivity contribution >= 4 is 0 Å². The summed E-state index contributed by atoms with van der Waals surface area (Å²) in [6, 6.07) is 0. The minimum Gasteiger partial charge on any atom is -0.388 e. The van der Waals surface area contributed by atoms with Crippen LogP contribution in [0.4, 0.5) is 0 Å². The van der Waals surface area contributed by atoms with Crippen LogP contribution in [0.15, 0.2) is 0 Å². The Kier molecular flexibility index (Phi) is 3.52. The molecule has 6 heteroatoms. The summed E-state index contributed by atoms with van der Waals surface area (Å²) in [5.41, 5.74) is -0.447. The van der Waals surface area contributed by atoms with Gasteiger partial charge in [0.05, 0.1) is 0 Å². The predicted octanol–water partition coefficient (Wildman–Crippen LogP) is 0.339. The molecule has 0 amide bonds. The number of H-pyrrole nitrogens is 1. The van der Waals surface area contributed by atoms with Crippen LogP contribution in [0.5, 0.6) is 0 Å². The molecule has 1 aliphatic heterocycles. The Bertz CT molecular complexity index is 328. The molecule has 0 atom stereocenters. The maximum atomic E-state index is 8.96. The first kappa shape index (κ1) is 11.5. The van der Waals surface area contributed by atoms with E-state index in [-0.39, 0.29) is 6.61 Å². The molecule has 90 valence electrons. The molecule has 16 heavy (non-hydrogen) atoms. The average Bonchev–Trinajstić information content (AvgIpc) is 2.80. The van der Waals surface area contributed by atoms with Gasteiger partial charge >= 0.3 is 0 Å². The van der Waals surface area contributed by atoms with Gasteiger partial charge in [-0.25, -0.2) is 4.98 Å². The van der Waals surface area contributed by atoms with Gasteiger partial charge in [-0.05, 0) is 6.92 Å². The molecule has 1 aromatic rings. The van der Waals surface area contributed by atoms with E-state index in [0.29, 0.717) is 31.5 Å². The normalized spacial score (nSPS) is 19.9. The number of aromatic nitrogens is 3. The summed E-state index contributed by atoms with van der Waals surface area (Å²) >= 11 is 0. The van der Waals surface area contributed by atoms with Crippen LogP contribution in [0.3, 0.4) is 0 Å². The predicted molar refractivity (Wildman–Crippen MR) is 55.7 cm³/mol.